The van der Waals surface area contributed by atoms with Crippen LogP contribution < -0.4 is 0 Å². The molecule has 0 spiro atoms. The summed E-state index contributed by atoms with van der Waals surface area (Å²) in [7, 11) is 0. The molecule has 1 aliphatic rings. The quantitative estimate of drug-likeness (QED) is 0.611. The van der Waals surface area contributed by atoms with Gasteiger partial charge in [0.25, 0.3) is 0 Å². The third kappa shape index (κ3) is 3.02. The van der Waals surface area contributed by atoms with Gasteiger partial charge in [-0.3, -0.25) is 0 Å². The van der Waals surface area contributed by atoms with E-state index < -0.39 is 0 Å². The number of hydrogen-bond acceptors (Lipinski definition) is 2. The van der Waals surface area contributed by atoms with Gasteiger partial charge in [0.1, 0.15) is 0 Å². The Kier molecular flexibility index (Phi) is 3.32. The Labute approximate surface area is 112 Å². The van der Waals surface area contributed by atoms with Crippen LogP contribution in [0.2, 0.25) is 0 Å². The summed E-state index contributed by atoms with van der Waals surface area (Å²) < 4.78 is 5.17. The summed E-state index contributed by atoms with van der Waals surface area (Å²) in [5, 5.41) is 2.33. The Hall–Kier alpha value is -2.09. The van der Waals surface area contributed by atoms with E-state index >= 15 is 0 Å². The second-order valence-electron chi connectivity index (χ2n) is 4.98. The van der Waals surface area contributed by atoms with E-state index in [4.69, 9.17) is 4.74 Å². The summed E-state index contributed by atoms with van der Waals surface area (Å²) in [5.41, 5.74) is 1.04. The van der Waals surface area contributed by atoms with Crippen LogP contribution in [0.1, 0.15) is 18.4 Å². The first-order valence-electron chi connectivity index (χ1n) is 6.65. The van der Waals surface area contributed by atoms with Crippen molar-refractivity contribution >= 4 is 22.8 Å². The molecular formula is C17H16O2. The van der Waals surface area contributed by atoms with E-state index in [0.29, 0.717) is 12.5 Å². The van der Waals surface area contributed by atoms with Crippen molar-refractivity contribution < 1.29 is 9.53 Å². The van der Waals surface area contributed by atoms with E-state index in [9.17, 15) is 4.79 Å². The van der Waals surface area contributed by atoms with E-state index in [0.717, 1.165) is 10.9 Å². The van der Waals surface area contributed by atoms with Crippen LogP contribution in [0.15, 0.2) is 48.5 Å². The van der Waals surface area contributed by atoms with Crippen molar-refractivity contribution in [3.05, 3.63) is 54.1 Å². The maximum atomic E-state index is 11.6. The lowest BCUT2D eigenvalue weighted by atomic mass is 10.0. The molecule has 0 heterocycles. The number of esters is 1. The van der Waals surface area contributed by atoms with Crippen molar-refractivity contribution in [2.75, 3.05) is 6.61 Å². The lowest BCUT2D eigenvalue weighted by Gasteiger charge is -2.02. The second kappa shape index (κ2) is 5.27. The summed E-state index contributed by atoms with van der Waals surface area (Å²) >= 11 is 0. The summed E-state index contributed by atoms with van der Waals surface area (Å²) in [5.74, 6) is 0.356. The average Bonchev–Trinajstić information content (AvgIpc) is 3.27. The van der Waals surface area contributed by atoms with Crippen molar-refractivity contribution in [3.63, 3.8) is 0 Å². The Morgan fingerprint density at radius 3 is 2.79 bits per heavy atom. The highest BCUT2D eigenvalue weighted by atomic mass is 16.5. The largest absolute Gasteiger partial charge is 0.462 e. The molecular weight excluding hydrogens is 236 g/mol. The third-order valence-corrected chi connectivity index (χ3v) is 3.38. The van der Waals surface area contributed by atoms with Gasteiger partial charge in [0.2, 0.25) is 0 Å². The molecule has 1 aliphatic carbocycles. The van der Waals surface area contributed by atoms with E-state index in [1.165, 1.54) is 24.3 Å². The van der Waals surface area contributed by atoms with Crippen LogP contribution in [0.3, 0.4) is 0 Å². The molecule has 0 N–H and O–H groups in total. The Bertz CT molecular complexity index is 619. The van der Waals surface area contributed by atoms with Gasteiger partial charge in [0.15, 0.2) is 0 Å². The number of carbonyl (C=O) groups excluding carboxylic acids is 1. The number of benzene rings is 2. The normalized spacial score (nSPS) is 14.9. The van der Waals surface area contributed by atoms with Gasteiger partial charge in [0, 0.05) is 6.08 Å². The standard InChI is InChI=1S/C17H16O2/c18-17(19-12-13-8-9-13)11-10-15-6-3-5-14-4-1-2-7-16(14)15/h1-7,10-11,13H,8-9,12H2. The van der Waals surface area contributed by atoms with Crippen LogP contribution in [0.25, 0.3) is 16.8 Å². The van der Waals surface area contributed by atoms with Crippen LogP contribution >= 0.6 is 0 Å². The highest BCUT2D eigenvalue weighted by Gasteiger charge is 2.22. The fraction of sp³-hybridized carbons (Fsp3) is 0.235. The summed E-state index contributed by atoms with van der Waals surface area (Å²) in [4.78, 5) is 11.6. The number of hydrogen-bond donors (Lipinski definition) is 0. The Morgan fingerprint density at radius 1 is 1.16 bits per heavy atom. The maximum Gasteiger partial charge on any atom is 0.330 e. The molecule has 0 amide bonds. The predicted octanol–water partition coefficient (Wildman–Crippen LogP) is 3.81. The molecule has 0 aromatic heterocycles. The predicted molar refractivity (Wildman–Crippen MR) is 76.7 cm³/mol. The molecule has 3 rings (SSSR count). The Morgan fingerprint density at radius 2 is 1.95 bits per heavy atom. The smallest absolute Gasteiger partial charge is 0.330 e. The first kappa shape index (κ1) is 12.0. The fourth-order valence-corrected chi connectivity index (χ4v) is 2.09. The molecule has 19 heavy (non-hydrogen) atoms. The van der Waals surface area contributed by atoms with Gasteiger partial charge in [-0.25, -0.2) is 4.79 Å². The first-order valence-corrected chi connectivity index (χ1v) is 6.65. The maximum absolute atomic E-state index is 11.6. The van der Waals surface area contributed by atoms with Crippen molar-refractivity contribution in [3.8, 4) is 0 Å². The summed E-state index contributed by atoms with van der Waals surface area (Å²) in [6.07, 6.45) is 5.74. The van der Waals surface area contributed by atoms with Crippen molar-refractivity contribution in [1.82, 2.24) is 0 Å². The van der Waals surface area contributed by atoms with E-state index in [1.54, 1.807) is 0 Å². The van der Waals surface area contributed by atoms with Crippen LogP contribution in [-0.4, -0.2) is 12.6 Å². The van der Waals surface area contributed by atoms with E-state index in [-0.39, 0.29) is 5.97 Å². The molecule has 2 heteroatoms. The minimum atomic E-state index is -0.250. The number of rotatable bonds is 4. The van der Waals surface area contributed by atoms with Crippen LogP contribution in [-0.2, 0) is 9.53 Å². The highest BCUT2D eigenvalue weighted by Crippen LogP contribution is 2.28. The monoisotopic (exact) mass is 252 g/mol. The molecule has 2 aromatic carbocycles. The van der Waals surface area contributed by atoms with Crippen LogP contribution in [0.5, 0.6) is 0 Å². The van der Waals surface area contributed by atoms with Crippen molar-refractivity contribution in [2.45, 2.75) is 12.8 Å². The van der Waals surface area contributed by atoms with Gasteiger partial charge in [-0.15, -0.1) is 0 Å². The molecule has 0 atom stereocenters. The zero-order chi connectivity index (χ0) is 13.1. The third-order valence-electron chi connectivity index (χ3n) is 3.38. The molecule has 2 nitrogen and oxygen atoms in total. The van der Waals surface area contributed by atoms with Gasteiger partial charge >= 0.3 is 5.97 Å². The van der Waals surface area contributed by atoms with Crippen molar-refractivity contribution in [1.29, 1.82) is 0 Å². The molecule has 0 bridgehead atoms. The lowest BCUT2D eigenvalue weighted by molar-refractivity contribution is -0.138. The average molecular weight is 252 g/mol. The lowest BCUT2D eigenvalue weighted by Crippen LogP contribution is -2.03. The van der Waals surface area contributed by atoms with Crippen molar-refractivity contribution in [2.24, 2.45) is 5.92 Å². The van der Waals surface area contributed by atoms with E-state index in [2.05, 4.69) is 18.2 Å². The Balaban J connectivity index is 1.74. The second-order valence-corrected chi connectivity index (χ2v) is 4.98. The highest BCUT2D eigenvalue weighted by molar-refractivity contribution is 5.94. The molecule has 0 aliphatic heterocycles. The zero-order valence-electron chi connectivity index (χ0n) is 10.7. The van der Waals surface area contributed by atoms with Crippen LogP contribution in [0, 0.1) is 5.92 Å². The molecule has 96 valence electrons. The molecule has 0 saturated heterocycles. The SMILES string of the molecule is O=C(C=Cc1cccc2ccccc12)OCC1CC1. The number of carbonyl (C=O) groups is 1. The zero-order valence-corrected chi connectivity index (χ0v) is 10.7. The number of ether oxygens (including phenoxy) is 1. The summed E-state index contributed by atoms with van der Waals surface area (Å²) in [6.45, 7) is 0.568. The van der Waals surface area contributed by atoms with Gasteiger partial charge in [0.05, 0.1) is 6.61 Å². The van der Waals surface area contributed by atoms with Gasteiger partial charge in [-0.1, -0.05) is 42.5 Å². The molecule has 0 unspecified atom stereocenters. The van der Waals surface area contributed by atoms with Gasteiger partial charge in [-0.2, -0.15) is 0 Å². The first-order chi connectivity index (χ1) is 9.33. The van der Waals surface area contributed by atoms with Gasteiger partial charge in [-0.05, 0) is 41.2 Å². The number of fused-ring (bicyclic) bond motifs is 1. The topological polar surface area (TPSA) is 26.3 Å². The molecule has 1 fully saturated rings. The fourth-order valence-electron chi connectivity index (χ4n) is 2.09. The summed E-state index contributed by atoms with van der Waals surface area (Å²) in [6, 6.07) is 14.2. The molecule has 0 radical (unpaired) electrons. The van der Waals surface area contributed by atoms with E-state index in [1.807, 2.05) is 30.3 Å². The molecule has 2 aromatic rings. The minimum absolute atomic E-state index is 0.250. The molecule has 1 saturated carbocycles. The minimum Gasteiger partial charge on any atom is -0.462 e. The van der Waals surface area contributed by atoms with Gasteiger partial charge < -0.3 is 4.74 Å². The van der Waals surface area contributed by atoms with Crippen LogP contribution in [0.4, 0.5) is 0 Å².